The SMILES string of the molecule is CC(C)NC(C)c1ccc(Br)o1. The molecule has 2 nitrogen and oxygen atoms in total. The maximum absolute atomic E-state index is 5.40. The van der Waals surface area contributed by atoms with Crippen molar-refractivity contribution in [1.29, 1.82) is 0 Å². The Kier molecular flexibility index (Phi) is 3.35. The molecule has 0 spiro atoms. The van der Waals surface area contributed by atoms with Gasteiger partial charge in [0.15, 0.2) is 4.67 Å². The highest BCUT2D eigenvalue weighted by Gasteiger charge is 2.09. The zero-order valence-corrected chi connectivity index (χ0v) is 9.18. The summed E-state index contributed by atoms with van der Waals surface area (Å²) < 4.78 is 6.19. The van der Waals surface area contributed by atoms with Crippen molar-refractivity contribution < 1.29 is 4.42 Å². The number of furan rings is 1. The summed E-state index contributed by atoms with van der Waals surface area (Å²) in [6, 6.07) is 4.64. The molecule has 3 heteroatoms. The van der Waals surface area contributed by atoms with E-state index < -0.39 is 0 Å². The topological polar surface area (TPSA) is 25.2 Å². The fourth-order valence-electron chi connectivity index (χ4n) is 1.14. The zero-order valence-electron chi connectivity index (χ0n) is 7.60. The van der Waals surface area contributed by atoms with Crippen LogP contribution in [0.5, 0.6) is 0 Å². The van der Waals surface area contributed by atoms with Gasteiger partial charge in [-0.3, -0.25) is 0 Å². The summed E-state index contributed by atoms with van der Waals surface area (Å²) in [4.78, 5) is 0. The third-order valence-electron chi connectivity index (χ3n) is 1.60. The number of nitrogens with one attached hydrogen (secondary N) is 1. The standard InChI is InChI=1S/C9H14BrNO/c1-6(2)11-7(3)8-4-5-9(10)12-8/h4-7,11H,1-3H3. The summed E-state index contributed by atoms with van der Waals surface area (Å²) in [5.74, 6) is 0.968. The molecule has 1 atom stereocenters. The number of hydrogen-bond acceptors (Lipinski definition) is 2. The van der Waals surface area contributed by atoms with E-state index in [4.69, 9.17) is 4.42 Å². The second-order valence-corrected chi connectivity index (χ2v) is 3.97. The molecular formula is C9H14BrNO. The summed E-state index contributed by atoms with van der Waals surface area (Å²) in [6.45, 7) is 6.33. The second kappa shape index (κ2) is 4.10. The highest BCUT2D eigenvalue weighted by Crippen LogP contribution is 2.20. The van der Waals surface area contributed by atoms with Gasteiger partial charge in [0.2, 0.25) is 0 Å². The van der Waals surface area contributed by atoms with Gasteiger partial charge in [-0.05, 0) is 35.0 Å². The average molecular weight is 232 g/mol. The number of halogens is 1. The smallest absolute Gasteiger partial charge is 0.169 e. The highest BCUT2D eigenvalue weighted by molar-refractivity contribution is 9.10. The Balaban J connectivity index is 2.58. The lowest BCUT2D eigenvalue weighted by molar-refractivity contribution is 0.398. The first-order chi connectivity index (χ1) is 5.59. The van der Waals surface area contributed by atoms with Gasteiger partial charge in [-0.1, -0.05) is 13.8 Å². The van der Waals surface area contributed by atoms with Crippen LogP contribution in [0.1, 0.15) is 32.6 Å². The van der Waals surface area contributed by atoms with Gasteiger partial charge in [0.1, 0.15) is 5.76 Å². The summed E-state index contributed by atoms with van der Waals surface area (Å²) in [5.41, 5.74) is 0. The van der Waals surface area contributed by atoms with E-state index in [1.54, 1.807) is 0 Å². The fraction of sp³-hybridized carbons (Fsp3) is 0.556. The van der Waals surface area contributed by atoms with E-state index in [0.717, 1.165) is 10.4 Å². The van der Waals surface area contributed by atoms with Gasteiger partial charge < -0.3 is 9.73 Å². The van der Waals surface area contributed by atoms with Crippen LogP contribution in [-0.4, -0.2) is 6.04 Å². The van der Waals surface area contributed by atoms with Crippen molar-refractivity contribution in [3.63, 3.8) is 0 Å². The lowest BCUT2D eigenvalue weighted by Crippen LogP contribution is -2.25. The summed E-state index contributed by atoms with van der Waals surface area (Å²) in [6.07, 6.45) is 0. The van der Waals surface area contributed by atoms with Crippen LogP contribution in [0.15, 0.2) is 21.2 Å². The highest BCUT2D eigenvalue weighted by atomic mass is 79.9. The van der Waals surface area contributed by atoms with Crippen LogP contribution in [0.25, 0.3) is 0 Å². The first kappa shape index (κ1) is 9.81. The maximum Gasteiger partial charge on any atom is 0.169 e. The van der Waals surface area contributed by atoms with E-state index in [1.807, 2.05) is 12.1 Å². The summed E-state index contributed by atoms with van der Waals surface area (Å²) >= 11 is 3.27. The minimum absolute atomic E-state index is 0.274. The van der Waals surface area contributed by atoms with Crippen LogP contribution in [0.2, 0.25) is 0 Å². The monoisotopic (exact) mass is 231 g/mol. The lowest BCUT2D eigenvalue weighted by Gasteiger charge is -2.13. The predicted octanol–water partition coefficient (Wildman–Crippen LogP) is 3.10. The summed E-state index contributed by atoms with van der Waals surface area (Å²) in [7, 11) is 0. The van der Waals surface area contributed by atoms with Crippen LogP contribution >= 0.6 is 15.9 Å². The predicted molar refractivity (Wildman–Crippen MR) is 53.1 cm³/mol. The molecule has 1 rings (SSSR count). The van der Waals surface area contributed by atoms with Crippen molar-refractivity contribution in [3.05, 3.63) is 22.6 Å². The van der Waals surface area contributed by atoms with E-state index >= 15 is 0 Å². The van der Waals surface area contributed by atoms with Crippen molar-refractivity contribution in [2.75, 3.05) is 0 Å². The first-order valence-corrected chi connectivity index (χ1v) is 4.90. The molecule has 0 saturated heterocycles. The molecule has 0 bridgehead atoms. The minimum atomic E-state index is 0.274. The van der Waals surface area contributed by atoms with Crippen molar-refractivity contribution in [3.8, 4) is 0 Å². The molecule has 0 amide bonds. The van der Waals surface area contributed by atoms with Gasteiger partial charge in [0.25, 0.3) is 0 Å². The van der Waals surface area contributed by atoms with Gasteiger partial charge in [0, 0.05) is 6.04 Å². The Labute approximate surface area is 81.5 Å². The van der Waals surface area contributed by atoms with Crippen LogP contribution in [0, 0.1) is 0 Å². The maximum atomic E-state index is 5.40. The molecule has 0 fully saturated rings. The third kappa shape index (κ3) is 2.64. The molecule has 12 heavy (non-hydrogen) atoms. The zero-order chi connectivity index (χ0) is 9.14. The molecule has 0 radical (unpaired) electrons. The fourth-order valence-corrected chi connectivity index (χ4v) is 1.46. The Bertz CT molecular complexity index is 244. The summed E-state index contributed by atoms with van der Waals surface area (Å²) in [5, 5.41) is 3.36. The van der Waals surface area contributed by atoms with Gasteiger partial charge in [-0.25, -0.2) is 0 Å². The van der Waals surface area contributed by atoms with Crippen LogP contribution < -0.4 is 5.32 Å². The van der Waals surface area contributed by atoms with Crippen molar-refractivity contribution >= 4 is 15.9 Å². The van der Waals surface area contributed by atoms with E-state index in [1.165, 1.54) is 0 Å². The first-order valence-electron chi connectivity index (χ1n) is 4.11. The van der Waals surface area contributed by atoms with Gasteiger partial charge in [-0.2, -0.15) is 0 Å². The molecule has 1 aromatic rings. The number of hydrogen-bond donors (Lipinski definition) is 1. The molecule has 1 unspecified atom stereocenters. The van der Waals surface area contributed by atoms with Gasteiger partial charge in [-0.15, -0.1) is 0 Å². The molecule has 1 heterocycles. The Morgan fingerprint density at radius 1 is 1.33 bits per heavy atom. The van der Waals surface area contributed by atoms with Crippen molar-refractivity contribution in [1.82, 2.24) is 5.32 Å². The van der Waals surface area contributed by atoms with Crippen molar-refractivity contribution in [2.45, 2.75) is 32.9 Å². The Morgan fingerprint density at radius 3 is 2.42 bits per heavy atom. The molecule has 0 saturated carbocycles. The lowest BCUT2D eigenvalue weighted by atomic mass is 10.2. The quantitative estimate of drug-likeness (QED) is 0.866. The largest absolute Gasteiger partial charge is 0.453 e. The molecule has 1 aromatic heterocycles. The molecular weight excluding hydrogens is 218 g/mol. The molecule has 0 aliphatic carbocycles. The van der Waals surface area contributed by atoms with E-state index in [9.17, 15) is 0 Å². The van der Waals surface area contributed by atoms with E-state index in [2.05, 4.69) is 42.0 Å². The normalized spacial score (nSPS) is 13.8. The Hall–Kier alpha value is -0.280. The van der Waals surface area contributed by atoms with E-state index in [0.29, 0.717) is 6.04 Å². The van der Waals surface area contributed by atoms with Crippen LogP contribution in [0.4, 0.5) is 0 Å². The van der Waals surface area contributed by atoms with Gasteiger partial charge >= 0.3 is 0 Å². The van der Waals surface area contributed by atoms with Crippen molar-refractivity contribution in [2.24, 2.45) is 0 Å². The second-order valence-electron chi connectivity index (χ2n) is 3.18. The molecule has 0 aliphatic rings. The van der Waals surface area contributed by atoms with Crippen LogP contribution in [0.3, 0.4) is 0 Å². The van der Waals surface area contributed by atoms with Gasteiger partial charge in [0.05, 0.1) is 6.04 Å². The molecule has 0 aliphatic heterocycles. The molecule has 1 N–H and O–H groups in total. The number of rotatable bonds is 3. The van der Waals surface area contributed by atoms with E-state index in [-0.39, 0.29) is 6.04 Å². The average Bonchev–Trinajstić information content (AvgIpc) is 2.34. The van der Waals surface area contributed by atoms with Crippen LogP contribution in [-0.2, 0) is 0 Å². The third-order valence-corrected chi connectivity index (χ3v) is 2.03. The minimum Gasteiger partial charge on any atom is -0.453 e. The molecule has 68 valence electrons. The Morgan fingerprint density at radius 2 is 2.00 bits per heavy atom. The molecule has 0 aromatic carbocycles.